The van der Waals surface area contributed by atoms with Gasteiger partial charge < -0.3 is 21.3 Å². The molecule has 0 amide bonds. The van der Waals surface area contributed by atoms with Crippen molar-refractivity contribution < 1.29 is 10.2 Å². The van der Waals surface area contributed by atoms with E-state index in [0.29, 0.717) is 0 Å². The van der Waals surface area contributed by atoms with Gasteiger partial charge in [-0.3, -0.25) is 9.78 Å². The molecule has 1 aliphatic rings. The summed E-state index contributed by atoms with van der Waals surface area (Å²) in [4.78, 5) is 21.5. The van der Waals surface area contributed by atoms with E-state index in [1.807, 2.05) is 0 Å². The molecule has 3 atom stereocenters. The van der Waals surface area contributed by atoms with Crippen LogP contribution in [-0.2, 0) is 0 Å². The highest BCUT2D eigenvalue weighted by molar-refractivity contribution is 5.81. The van der Waals surface area contributed by atoms with Crippen LogP contribution in [0.15, 0.2) is 9.79 Å². The summed E-state index contributed by atoms with van der Waals surface area (Å²) < 4.78 is 0. The summed E-state index contributed by atoms with van der Waals surface area (Å²) in [5, 5.41) is 21.7. The number of aliphatic hydroxyl groups is 2. The molecule has 0 aromatic carbocycles. The van der Waals surface area contributed by atoms with Crippen molar-refractivity contribution in [1.29, 1.82) is 0 Å². The number of aromatic amines is 1. The topological polar surface area (TPSA) is 137 Å². The predicted octanol–water partition coefficient (Wildman–Crippen LogP) is -1.41. The minimum atomic E-state index is -1.05. The molecule has 0 aliphatic carbocycles. The lowest BCUT2D eigenvalue weighted by molar-refractivity contribution is 0.0313. The zero-order chi connectivity index (χ0) is 12.6. The van der Waals surface area contributed by atoms with Crippen LogP contribution < -0.4 is 16.6 Å². The molecular formula is C9H13N5O3. The van der Waals surface area contributed by atoms with Gasteiger partial charge in [-0.2, -0.15) is 4.98 Å². The standard InChI is InChI=1S/C9H13N5O3/c1-3(15)6(16)4-2-11-5-7(12-4)13-9(10)14-8(5)17/h2-4,6,15-16H,1H3,(H4,10,12,13,14,17)/t3-,4+,6+/m0/s1. The van der Waals surface area contributed by atoms with E-state index in [4.69, 9.17) is 5.73 Å². The number of hydrogen-bond donors (Lipinski definition) is 5. The minimum Gasteiger partial charge on any atom is -0.391 e. The molecule has 0 saturated carbocycles. The molecule has 1 aliphatic heterocycles. The molecule has 92 valence electrons. The summed E-state index contributed by atoms with van der Waals surface area (Å²) in [5.74, 6) is 0.155. The first-order valence-electron chi connectivity index (χ1n) is 5.05. The van der Waals surface area contributed by atoms with E-state index in [1.54, 1.807) is 0 Å². The number of anilines is 2. The molecule has 2 heterocycles. The molecule has 0 unspecified atom stereocenters. The Morgan fingerprint density at radius 3 is 2.88 bits per heavy atom. The van der Waals surface area contributed by atoms with Crippen LogP contribution in [0.2, 0.25) is 0 Å². The number of nitrogens with zero attached hydrogens (tertiary/aromatic N) is 2. The molecule has 0 bridgehead atoms. The van der Waals surface area contributed by atoms with Crippen LogP contribution in [0.5, 0.6) is 0 Å². The van der Waals surface area contributed by atoms with Gasteiger partial charge in [0, 0.05) is 6.21 Å². The van der Waals surface area contributed by atoms with Gasteiger partial charge in [0.15, 0.2) is 11.5 Å². The lowest BCUT2D eigenvalue weighted by Gasteiger charge is -2.26. The fourth-order valence-corrected chi connectivity index (χ4v) is 1.53. The fraction of sp³-hybridized carbons (Fsp3) is 0.444. The van der Waals surface area contributed by atoms with Gasteiger partial charge in [0.2, 0.25) is 5.95 Å². The molecule has 6 N–H and O–H groups in total. The van der Waals surface area contributed by atoms with Crippen molar-refractivity contribution in [2.75, 3.05) is 11.1 Å². The Kier molecular flexibility index (Phi) is 2.82. The largest absolute Gasteiger partial charge is 0.391 e. The van der Waals surface area contributed by atoms with Crippen molar-refractivity contribution >= 4 is 23.7 Å². The maximum atomic E-state index is 11.5. The Morgan fingerprint density at radius 1 is 1.53 bits per heavy atom. The first-order valence-corrected chi connectivity index (χ1v) is 5.05. The molecule has 17 heavy (non-hydrogen) atoms. The van der Waals surface area contributed by atoms with E-state index < -0.39 is 23.8 Å². The third-order valence-electron chi connectivity index (χ3n) is 2.44. The molecule has 0 spiro atoms. The highest BCUT2D eigenvalue weighted by Crippen LogP contribution is 2.23. The van der Waals surface area contributed by atoms with Crippen molar-refractivity contribution in [3.05, 3.63) is 10.4 Å². The summed E-state index contributed by atoms with van der Waals surface area (Å²) in [6, 6.07) is -0.615. The number of nitrogens with one attached hydrogen (secondary N) is 2. The van der Waals surface area contributed by atoms with Crippen LogP contribution >= 0.6 is 0 Å². The second-order valence-corrected chi connectivity index (χ2v) is 3.83. The number of aromatic nitrogens is 2. The number of aliphatic hydroxyl groups excluding tert-OH is 2. The van der Waals surface area contributed by atoms with E-state index in [1.165, 1.54) is 13.1 Å². The SMILES string of the molecule is C[C@H](O)[C@@H](O)[C@H]1C=Nc2c(nc(N)[nH]c2=O)N1. The van der Waals surface area contributed by atoms with Crippen LogP contribution in [-0.4, -0.2) is 44.6 Å². The quantitative estimate of drug-likeness (QED) is 0.430. The molecule has 0 radical (unpaired) electrons. The Hall–Kier alpha value is -1.93. The van der Waals surface area contributed by atoms with Gasteiger partial charge in [-0.1, -0.05) is 0 Å². The van der Waals surface area contributed by atoms with E-state index in [-0.39, 0.29) is 17.5 Å². The van der Waals surface area contributed by atoms with Gasteiger partial charge in [-0.25, -0.2) is 4.99 Å². The Balaban J connectivity index is 2.34. The molecule has 1 aromatic rings. The highest BCUT2D eigenvalue weighted by Gasteiger charge is 2.26. The van der Waals surface area contributed by atoms with Gasteiger partial charge in [0.1, 0.15) is 6.10 Å². The van der Waals surface area contributed by atoms with Crippen LogP contribution in [0.25, 0.3) is 0 Å². The van der Waals surface area contributed by atoms with Crippen molar-refractivity contribution in [1.82, 2.24) is 9.97 Å². The van der Waals surface area contributed by atoms with E-state index >= 15 is 0 Å². The normalized spacial score (nSPS) is 21.5. The summed E-state index contributed by atoms with van der Waals surface area (Å²) in [6.07, 6.45) is -0.624. The Labute approximate surface area is 96.2 Å². The lowest BCUT2D eigenvalue weighted by Crippen LogP contribution is -2.43. The molecule has 2 rings (SSSR count). The lowest BCUT2D eigenvalue weighted by atomic mass is 10.1. The molecule has 8 nitrogen and oxygen atoms in total. The number of hydrogen-bond acceptors (Lipinski definition) is 7. The first kappa shape index (κ1) is 11.6. The maximum Gasteiger partial charge on any atom is 0.280 e. The van der Waals surface area contributed by atoms with Gasteiger partial charge in [0.25, 0.3) is 5.56 Å². The van der Waals surface area contributed by atoms with Crippen molar-refractivity contribution in [2.45, 2.75) is 25.2 Å². The zero-order valence-electron chi connectivity index (χ0n) is 9.08. The van der Waals surface area contributed by atoms with Gasteiger partial charge in [-0.15, -0.1) is 0 Å². The highest BCUT2D eigenvalue weighted by atomic mass is 16.3. The van der Waals surface area contributed by atoms with Gasteiger partial charge in [-0.05, 0) is 6.92 Å². The van der Waals surface area contributed by atoms with Crippen molar-refractivity contribution in [2.24, 2.45) is 4.99 Å². The summed E-state index contributed by atoms with van der Waals surface area (Å²) >= 11 is 0. The fourth-order valence-electron chi connectivity index (χ4n) is 1.53. The monoisotopic (exact) mass is 239 g/mol. The molecule has 0 fully saturated rings. The number of nitrogen functional groups attached to an aromatic ring is 1. The number of H-pyrrole nitrogens is 1. The third-order valence-corrected chi connectivity index (χ3v) is 2.44. The third kappa shape index (κ3) is 2.12. The van der Waals surface area contributed by atoms with Gasteiger partial charge >= 0.3 is 0 Å². The first-order chi connectivity index (χ1) is 7.99. The number of nitrogens with two attached hydrogens (primary N) is 1. The summed E-state index contributed by atoms with van der Waals surface area (Å²) in [6.45, 7) is 1.45. The van der Waals surface area contributed by atoms with Crippen LogP contribution in [0, 0.1) is 0 Å². The van der Waals surface area contributed by atoms with Crippen LogP contribution in [0.1, 0.15) is 6.92 Å². The predicted molar refractivity (Wildman–Crippen MR) is 62.5 cm³/mol. The van der Waals surface area contributed by atoms with Crippen molar-refractivity contribution in [3.63, 3.8) is 0 Å². The molecule has 0 saturated heterocycles. The number of aliphatic imine (C=N–C) groups is 1. The second kappa shape index (κ2) is 4.15. The Morgan fingerprint density at radius 2 is 2.24 bits per heavy atom. The molecule has 1 aromatic heterocycles. The average molecular weight is 239 g/mol. The summed E-state index contributed by atoms with van der Waals surface area (Å²) in [7, 11) is 0. The molecule has 8 heteroatoms. The maximum absolute atomic E-state index is 11.5. The average Bonchev–Trinajstić information content (AvgIpc) is 2.26. The number of fused-ring (bicyclic) bond motifs is 1. The van der Waals surface area contributed by atoms with Gasteiger partial charge in [0.05, 0.1) is 12.1 Å². The number of rotatable bonds is 2. The Bertz CT molecular complexity index is 510. The second-order valence-electron chi connectivity index (χ2n) is 3.83. The van der Waals surface area contributed by atoms with Crippen molar-refractivity contribution in [3.8, 4) is 0 Å². The summed E-state index contributed by atoms with van der Waals surface area (Å²) in [5.41, 5.74) is 5.04. The van der Waals surface area contributed by atoms with Crippen LogP contribution in [0.4, 0.5) is 17.5 Å². The van der Waals surface area contributed by atoms with E-state index in [9.17, 15) is 15.0 Å². The zero-order valence-corrected chi connectivity index (χ0v) is 9.08. The van der Waals surface area contributed by atoms with E-state index in [2.05, 4.69) is 20.3 Å². The smallest absolute Gasteiger partial charge is 0.280 e. The molecular weight excluding hydrogens is 226 g/mol. The van der Waals surface area contributed by atoms with E-state index in [0.717, 1.165) is 0 Å². The van der Waals surface area contributed by atoms with Crippen LogP contribution in [0.3, 0.4) is 0 Å². The minimum absolute atomic E-state index is 0.0383.